The van der Waals surface area contributed by atoms with E-state index in [4.69, 9.17) is 17.3 Å². The number of hydrogen-bond donors (Lipinski definition) is 1. The van der Waals surface area contributed by atoms with E-state index in [1.54, 1.807) is 24.5 Å². The van der Waals surface area contributed by atoms with E-state index < -0.39 is 5.82 Å². The molecule has 0 radical (unpaired) electrons. The van der Waals surface area contributed by atoms with Gasteiger partial charge in [-0.3, -0.25) is 4.98 Å². The number of nitrogens with two attached hydrogens (primary N) is 1. The van der Waals surface area contributed by atoms with E-state index >= 15 is 0 Å². The Morgan fingerprint density at radius 3 is 2.82 bits per heavy atom. The largest absolute Gasteiger partial charge is 0.324 e. The second kappa shape index (κ2) is 5.25. The predicted molar refractivity (Wildman–Crippen MR) is 66.3 cm³/mol. The van der Waals surface area contributed by atoms with Gasteiger partial charge >= 0.3 is 0 Å². The van der Waals surface area contributed by atoms with Gasteiger partial charge < -0.3 is 5.73 Å². The Morgan fingerprint density at radius 2 is 2.18 bits per heavy atom. The molecule has 1 aromatic carbocycles. The smallest absolute Gasteiger partial charge is 0.141 e. The quantitative estimate of drug-likeness (QED) is 0.909. The molecule has 88 valence electrons. The molecular formula is C13H12ClFN2. The average Bonchev–Trinajstić information content (AvgIpc) is 2.34. The summed E-state index contributed by atoms with van der Waals surface area (Å²) in [6.07, 6.45) is 4.13. The van der Waals surface area contributed by atoms with Crippen molar-refractivity contribution in [3.05, 3.63) is 64.7 Å². The third-order valence-corrected chi connectivity index (χ3v) is 2.84. The maximum Gasteiger partial charge on any atom is 0.141 e. The molecule has 0 saturated carbocycles. The lowest BCUT2D eigenvalue weighted by atomic mass is 10.0. The summed E-state index contributed by atoms with van der Waals surface area (Å²) in [6.45, 7) is 0. The third kappa shape index (κ3) is 3.02. The topological polar surface area (TPSA) is 38.9 Å². The van der Waals surface area contributed by atoms with Gasteiger partial charge in [-0.05, 0) is 35.7 Å². The molecule has 0 bridgehead atoms. The van der Waals surface area contributed by atoms with Crippen LogP contribution >= 0.6 is 11.6 Å². The summed E-state index contributed by atoms with van der Waals surface area (Å²) in [7, 11) is 0. The van der Waals surface area contributed by atoms with Crippen molar-refractivity contribution < 1.29 is 4.39 Å². The Labute approximate surface area is 104 Å². The van der Waals surface area contributed by atoms with Gasteiger partial charge in [-0.1, -0.05) is 23.7 Å². The summed E-state index contributed by atoms with van der Waals surface area (Å²) in [5.41, 5.74) is 7.90. The van der Waals surface area contributed by atoms with E-state index in [1.807, 2.05) is 12.1 Å². The monoisotopic (exact) mass is 250 g/mol. The maximum absolute atomic E-state index is 13.0. The van der Waals surface area contributed by atoms with Gasteiger partial charge in [-0.15, -0.1) is 0 Å². The van der Waals surface area contributed by atoms with Gasteiger partial charge in [0, 0.05) is 18.4 Å². The minimum atomic E-state index is -0.427. The van der Waals surface area contributed by atoms with E-state index in [9.17, 15) is 4.39 Å². The molecule has 2 nitrogen and oxygen atoms in total. The Bertz CT molecular complexity index is 502. The van der Waals surface area contributed by atoms with Crippen molar-refractivity contribution in [3.63, 3.8) is 0 Å². The van der Waals surface area contributed by atoms with Gasteiger partial charge in [0.15, 0.2) is 0 Å². The van der Waals surface area contributed by atoms with Crippen molar-refractivity contribution in [1.82, 2.24) is 4.98 Å². The van der Waals surface area contributed by atoms with Crippen LogP contribution in [0.5, 0.6) is 0 Å². The molecule has 2 aromatic rings. The van der Waals surface area contributed by atoms with Crippen LogP contribution in [-0.2, 0) is 6.42 Å². The molecule has 1 aromatic heterocycles. The Hall–Kier alpha value is -1.45. The molecular weight excluding hydrogens is 239 g/mol. The standard InChI is InChI=1S/C13H12ClFN2/c14-11-7-10(3-4-12(11)15)13(16)6-9-2-1-5-17-8-9/h1-5,7-8,13H,6,16H2. The van der Waals surface area contributed by atoms with Crippen LogP contribution in [0.3, 0.4) is 0 Å². The molecule has 17 heavy (non-hydrogen) atoms. The first-order valence-electron chi connectivity index (χ1n) is 5.26. The van der Waals surface area contributed by atoms with Crippen LogP contribution in [0.1, 0.15) is 17.2 Å². The molecule has 0 spiro atoms. The van der Waals surface area contributed by atoms with Crippen molar-refractivity contribution >= 4 is 11.6 Å². The SMILES string of the molecule is NC(Cc1cccnc1)c1ccc(F)c(Cl)c1. The Balaban J connectivity index is 2.14. The minimum Gasteiger partial charge on any atom is -0.324 e. The Kier molecular flexibility index (Phi) is 3.71. The highest BCUT2D eigenvalue weighted by Crippen LogP contribution is 2.21. The lowest BCUT2D eigenvalue weighted by Crippen LogP contribution is -2.13. The van der Waals surface area contributed by atoms with Crippen LogP contribution in [0.4, 0.5) is 4.39 Å². The molecule has 0 aliphatic heterocycles. The summed E-state index contributed by atoms with van der Waals surface area (Å²) in [5, 5.41) is 0.101. The van der Waals surface area contributed by atoms with Crippen LogP contribution in [0.25, 0.3) is 0 Å². The van der Waals surface area contributed by atoms with Gasteiger partial charge in [0.05, 0.1) is 5.02 Å². The second-order valence-corrected chi connectivity index (χ2v) is 4.25. The van der Waals surface area contributed by atoms with Gasteiger partial charge in [-0.2, -0.15) is 0 Å². The maximum atomic E-state index is 13.0. The van der Waals surface area contributed by atoms with Crippen LogP contribution in [0.15, 0.2) is 42.7 Å². The summed E-state index contributed by atoms with van der Waals surface area (Å²) in [5.74, 6) is -0.427. The molecule has 4 heteroatoms. The fraction of sp³-hybridized carbons (Fsp3) is 0.154. The molecule has 0 aliphatic carbocycles. The third-order valence-electron chi connectivity index (χ3n) is 2.55. The van der Waals surface area contributed by atoms with Crippen molar-refractivity contribution in [2.75, 3.05) is 0 Å². The summed E-state index contributed by atoms with van der Waals surface area (Å²) < 4.78 is 13.0. The molecule has 0 amide bonds. The molecule has 0 fully saturated rings. The van der Waals surface area contributed by atoms with Gasteiger partial charge in [0.2, 0.25) is 0 Å². The van der Waals surface area contributed by atoms with Crippen LogP contribution in [0.2, 0.25) is 5.02 Å². The zero-order valence-corrected chi connectivity index (χ0v) is 9.86. The molecule has 0 saturated heterocycles. The molecule has 1 atom stereocenters. The molecule has 2 N–H and O–H groups in total. The van der Waals surface area contributed by atoms with Crippen molar-refractivity contribution in [2.24, 2.45) is 5.73 Å². The summed E-state index contributed by atoms with van der Waals surface area (Å²) >= 11 is 5.72. The van der Waals surface area contributed by atoms with Gasteiger partial charge in [0.25, 0.3) is 0 Å². The number of benzene rings is 1. The number of pyridine rings is 1. The highest BCUT2D eigenvalue weighted by atomic mass is 35.5. The first kappa shape index (κ1) is 12.0. The van der Waals surface area contributed by atoms with E-state index in [0.29, 0.717) is 6.42 Å². The first-order valence-corrected chi connectivity index (χ1v) is 5.64. The zero-order valence-electron chi connectivity index (χ0n) is 9.11. The lowest BCUT2D eigenvalue weighted by molar-refractivity contribution is 0.625. The molecule has 0 aliphatic rings. The van der Waals surface area contributed by atoms with Gasteiger partial charge in [-0.25, -0.2) is 4.39 Å². The van der Waals surface area contributed by atoms with Crippen LogP contribution in [-0.4, -0.2) is 4.98 Å². The lowest BCUT2D eigenvalue weighted by Gasteiger charge is -2.12. The fourth-order valence-electron chi connectivity index (χ4n) is 1.63. The highest BCUT2D eigenvalue weighted by molar-refractivity contribution is 6.30. The van der Waals surface area contributed by atoms with E-state index in [-0.39, 0.29) is 11.1 Å². The summed E-state index contributed by atoms with van der Waals surface area (Å²) in [4.78, 5) is 4.02. The Morgan fingerprint density at radius 1 is 1.35 bits per heavy atom. The second-order valence-electron chi connectivity index (χ2n) is 3.85. The van der Waals surface area contributed by atoms with Crippen molar-refractivity contribution in [2.45, 2.75) is 12.5 Å². The zero-order chi connectivity index (χ0) is 12.3. The fourth-order valence-corrected chi connectivity index (χ4v) is 1.82. The first-order chi connectivity index (χ1) is 8.16. The number of rotatable bonds is 3. The normalized spacial score (nSPS) is 12.4. The molecule has 2 rings (SSSR count). The van der Waals surface area contributed by atoms with E-state index in [0.717, 1.165) is 11.1 Å². The molecule has 1 heterocycles. The average molecular weight is 251 g/mol. The number of aromatic nitrogens is 1. The summed E-state index contributed by atoms with van der Waals surface area (Å²) in [6, 6.07) is 8.16. The van der Waals surface area contributed by atoms with Gasteiger partial charge in [0.1, 0.15) is 5.82 Å². The van der Waals surface area contributed by atoms with E-state index in [1.165, 1.54) is 6.07 Å². The number of nitrogens with zero attached hydrogens (tertiary/aromatic N) is 1. The van der Waals surface area contributed by atoms with E-state index in [2.05, 4.69) is 4.98 Å². The highest BCUT2D eigenvalue weighted by Gasteiger charge is 2.09. The number of hydrogen-bond acceptors (Lipinski definition) is 2. The van der Waals surface area contributed by atoms with Crippen LogP contribution in [0, 0.1) is 5.82 Å². The predicted octanol–water partition coefficient (Wildman–Crippen LogP) is 3.12. The molecule has 1 unspecified atom stereocenters. The van der Waals surface area contributed by atoms with Crippen molar-refractivity contribution in [1.29, 1.82) is 0 Å². The van der Waals surface area contributed by atoms with Crippen LogP contribution < -0.4 is 5.73 Å². The minimum absolute atomic E-state index is 0.101. The van der Waals surface area contributed by atoms with Crippen molar-refractivity contribution in [3.8, 4) is 0 Å². The number of halogens is 2.